The van der Waals surface area contributed by atoms with Crippen LogP contribution in [0.5, 0.6) is 0 Å². The van der Waals surface area contributed by atoms with E-state index >= 15 is 0 Å². The van der Waals surface area contributed by atoms with Crippen molar-refractivity contribution in [2.75, 3.05) is 6.61 Å². The Bertz CT molecular complexity index is 600. The van der Waals surface area contributed by atoms with Crippen molar-refractivity contribution in [1.82, 2.24) is 5.32 Å². The molecule has 0 saturated heterocycles. The lowest BCUT2D eigenvalue weighted by atomic mass is 10.1. The Morgan fingerprint density at radius 1 is 1.50 bits per heavy atom. The molecule has 2 unspecified atom stereocenters. The van der Waals surface area contributed by atoms with Crippen LogP contribution in [-0.4, -0.2) is 11.7 Å². The van der Waals surface area contributed by atoms with Crippen LogP contribution in [0.15, 0.2) is 39.4 Å². The Labute approximate surface area is 124 Å². The third-order valence-corrected chi connectivity index (χ3v) is 4.18. The van der Waals surface area contributed by atoms with E-state index < -0.39 is 0 Å². The Hall–Kier alpha value is -1.17. The lowest BCUT2D eigenvalue weighted by Gasteiger charge is -2.20. The molecule has 3 nitrogen and oxygen atoms in total. The molecule has 0 spiro atoms. The molecule has 2 N–H and O–H groups in total. The lowest BCUT2D eigenvalue weighted by Crippen LogP contribution is -2.27. The first-order valence-corrected chi connectivity index (χ1v) is 7.36. The van der Waals surface area contributed by atoms with Gasteiger partial charge in [0.05, 0.1) is 18.9 Å². The number of nitrogens with one attached hydrogen (secondary N) is 1. The van der Waals surface area contributed by atoms with E-state index in [1.165, 1.54) is 6.07 Å². The molecule has 1 heterocycles. The highest BCUT2D eigenvalue weighted by Gasteiger charge is 2.28. The van der Waals surface area contributed by atoms with E-state index in [0.717, 1.165) is 22.0 Å². The first-order chi connectivity index (χ1) is 9.69. The Morgan fingerprint density at radius 2 is 2.35 bits per heavy atom. The molecule has 1 aliphatic rings. The minimum Gasteiger partial charge on any atom is -0.468 e. The van der Waals surface area contributed by atoms with Gasteiger partial charge in [-0.1, -0.05) is 15.9 Å². The third-order valence-electron chi connectivity index (χ3n) is 3.72. The average molecular weight is 340 g/mol. The second kappa shape index (κ2) is 5.68. The van der Waals surface area contributed by atoms with E-state index in [1.807, 2.05) is 12.1 Å². The normalized spacial score (nSPS) is 19.1. The van der Waals surface area contributed by atoms with Crippen molar-refractivity contribution in [1.29, 1.82) is 0 Å². The largest absolute Gasteiger partial charge is 0.468 e. The van der Waals surface area contributed by atoms with Crippen LogP contribution in [0.2, 0.25) is 0 Å². The summed E-state index contributed by atoms with van der Waals surface area (Å²) in [6.07, 6.45) is 3.11. The zero-order valence-electron chi connectivity index (χ0n) is 10.8. The summed E-state index contributed by atoms with van der Waals surface area (Å²) in [6.45, 7) is -0.0597. The molecular formula is C15H15BrFNO2. The molecule has 0 aliphatic heterocycles. The molecule has 1 aliphatic carbocycles. The smallest absolute Gasteiger partial charge is 0.127 e. The maximum absolute atomic E-state index is 13.9. The van der Waals surface area contributed by atoms with Gasteiger partial charge in [-0.15, -0.1) is 0 Å². The van der Waals surface area contributed by atoms with Crippen LogP contribution in [0.4, 0.5) is 4.39 Å². The fraction of sp³-hybridized carbons (Fsp3) is 0.333. The molecule has 0 radical (unpaired) electrons. The van der Waals surface area contributed by atoms with E-state index in [-0.39, 0.29) is 24.5 Å². The fourth-order valence-corrected chi connectivity index (χ4v) is 3.22. The second-order valence-electron chi connectivity index (χ2n) is 4.96. The highest BCUT2D eigenvalue weighted by Crippen LogP contribution is 2.36. The van der Waals surface area contributed by atoms with Crippen molar-refractivity contribution in [2.45, 2.75) is 24.9 Å². The van der Waals surface area contributed by atoms with E-state index in [4.69, 9.17) is 4.42 Å². The van der Waals surface area contributed by atoms with Crippen LogP contribution in [0, 0.1) is 5.82 Å². The molecule has 5 heteroatoms. The summed E-state index contributed by atoms with van der Waals surface area (Å²) in [7, 11) is 0. The molecule has 20 heavy (non-hydrogen) atoms. The van der Waals surface area contributed by atoms with Crippen molar-refractivity contribution >= 4 is 15.9 Å². The van der Waals surface area contributed by atoms with Crippen molar-refractivity contribution < 1.29 is 13.9 Å². The summed E-state index contributed by atoms with van der Waals surface area (Å²) in [6, 6.07) is 6.81. The van der Waals surface area contributed by atoms with Crippen molar-refractivity contribution in [2.24, 2.45) is 0 Å². The summed E-state index contributed by atoms with van der Waals surface area (Å²) in [5.74, 6) is 0.522. The van der Waals surface area contributed by atoms with Gasteiger partial charge in [-0.2, -0.15) is 0 Å². The predicted molar refractivity (Wildman–Crippen MR) is 76.8 cm³/mol. The summed E-state index contributed by atoms with van der Waals surface area (Å²) >= 11 is 3.33. The molecular weight excluding hydrogens is 325 g/mol. The van der Waals surface area contributed by atoms with Gasteiger partial charge in [0, 0.05) is 10.5 Å². The molecule has 1 aromatic carbocycles. The molecule has 3 rings (SSSR count). The topological polar surface area (TPSA) is 45.4 Å². The van der Waals surface area contributed by atoms with E-state index in [9.17, 15) is 9.50 Å². The van der Waals surface area contributed by atoms with Gasteiger partial charge in [-0.3, -0.25) is 5.32 Å². The number of benzene rings is 1. The third kappa shape index (κ3) is 2.53. The van der Waals surface area contributed by atoms with Crippen LogP contribution in [0.3, 0.4) is 0 Å². The lowest BCUT2D eigenvalue weighted by molar-refractivity contribution is 0.214. The quantitative estimate of drug-likeness (QED) is 0.896. The fourth-order valence-electron chi connectivity index (χ4n) is 2.77. The molecule has 0 saturated carbocycles. The Balaban J connectivity index is 1.84. The summed E-state index contributed by atoms with van der Waals surface area (Å²) in [5.41, 5.74) is 1.73. The molecule has 0 bridgehead atoms. The van der Waals surface area contributed by atoms with Gasteiger partial charge < -0.3 is 9.52 Å². The number of aliphatic hydroxyl groups is 1. The van der Waals surface area contributed by atoms with Gasteiger partial charge >= 0.3 is 0 Å². The molecule has 0 amide bonds. The van der Waals surface area contributed by atoms with E-state index in [2.05, 4.69) is 21.2 Å². The Morgan fingerprint density at radius 3 is 3.05 bits per heavy atom. The minimum atomic E-state index is -0.275. The predicted octanol–water partition coefficient (Wildman–Crippen LogP) is 3.49. The van der Waals surface area contributed by atoms with Crippen LogP contribution in [-0.2, 0) is 6.42 Å². The van der Waals surface area contributed by atoms with Gasteiger partial charge in [0.1, 0.15) is 11.6 Å². The zero-order valence-corrected chi connectivity index (χ0v) is 12.4. The summed E-state index contributed by atoms with van der Waals surface area (Å²) in [5, 5.41) is 12.9. The van der Waals surface area contributed by atoms with Crippen LogP contribution < -0.4 is 5.32 Å². The number of hydrogen-bond donors (Lipinski definition) is 2. The maximum Gasteiger partial charge on any atom is 0.127 e. The Kier molecular flexibility index (Phi) is 3.92. The zero-order chi connectivity index (χ0) is 14.1. The first-order valence-electron chi connectivity index (χ1n) is 6.57. The highest BCUT2D eigenvalue weighted by atomic mass is 79.9. The van der Waals surface area contributed by atoms with Gasteiger partial charge in [-0.05, 0) is 48.2 Å². The molecule has 106 valence electrons. The molecule has 2 atom stereocenters. The van der Waals surface area contributed by atoms with Crippen LogP contribution >= 0.6 is 15.9 Å². The van der Waals surface area contributed by atoms with Crippen LogP contribution in [0.1, 0.15) is 35.4 Å². The van der Waals surface area contributed by atoms with Crippen molar-refractivity contribution in [3.05, 3.63) is 57.7 Å². The van der Waals surface area contributed by atoms with E-state index in [0.29, 0.717) is 12.2 Å². The van der Waals surface area contributed by atoms with Gasteiger partial charge in [0.15, 0.2) is 0 Å². The standard InChI is InChI=1S/C15H15BrFNO2/c16-9-6-11-10(12(17)7-9)3-4-13(11)18-14(8-19)15-2-1-5-20-15/h1-2,5-7,13-14,18-19H,3-4,8H2. The number of furan rings is 1. The molecule has 0 fully saturated rings. The van der Waals surface area contributed by atoms with Gasteiger partial charge in [-0.25, -0.2) is 4.39 Å². The van der Waals surface area contributed by atoms with Crippen LogP contribution in [0.25, 0.3) is 0 Å². The number of rotatable bonds is 4. The maximum atomic E-state index is 13.9. The monoisotopic (exact) mass is 339 g/mol. The van der Waals surface area contributed by atoms with Crippen molar-refractivity contribution in [3.63, 3.8) is 0 Å². The number of aliphatic hydroxyl groups excluding tert-OH is 1. The van der Waals surface area contributed by atoms with E-state index in [1.54, 1.807) is 12.3 Å². The number of hydrogen-bond acceptors (Lipinski definition) is 3. The van der Waals surface area contributed by atoms with Gasteiger partial charge in [0.25, 0.3) is 0 Å². The average Bonchev–Trinajstić information content (AvgIpc) is 3.05. The summed E-state index contributed by atoms with van der Waals surface area (Å²) in [4.78, 5) is 0. The van der Waals surface area contributed by atoms with Gasteiger partial charge in [0.2, 0.25) is 0 Å². The SMILES string of the molecule is OCC(NC1CCc2c(F)cc(Br)cc21)c1ccco1. The first kappa shape index (κ1) is 13.8. The highest BCUT2D eigenvalue weighted by molar-refractivity contribution is 9.10. The number of halogens is 2. The summed E-state index contributed by atoms with van der Waals surface area (Å²) < 4.78 is 20.0. The minimum absolute atomic E-state index is 0.0271. The molecule has 2 aromatic rings. The number of fused-ring (bicyclic) bond motifs is 1. The molecule has 1 aromatic heterocycles. The van der Waals surface area contributed by atoms with Crippen molar-refractivity contribution in [3.8, 4) is 0 Å². The second-order valence-corrected chi connectivity index (χ2v) is 5.88.